The van der Waals surface area contributed by atoms with E-state index in [-0.39, 0.29) is 0 Å². The first-order valence-electron chi connectivity index (χ1n) is 4.19. The van der Waals surface area contributed by atoms with E-state index in [1.54, 1.807) is 0 Å². The highest BCUT2D eigenvalue weighted by Gasteiger charge is 2.61. The molecule has 4 N–H and O–H groups in total. The highest BCUT2D eigenvalue weighted by Crippen LogP contribution is 2.25. The summed E-state index contributed by atoms with van der Waals surface area (Å²) in [5, 5.41) is 41.4. The minimum atomic E-state index is -3.65. The van der Waals surface area contributed by atoms with Gasteiger partial charge in [-0.15, -0.1) is 19.6 Å². The topological polar surface area (TPSA) is 205 Å². The molecule has 1 saturated heterocycles. The zero-order valence-electron chi connectivity index (χ0n) is 8.87. The maximum absolute atomic E-state index is 10.7. The average Bonchev–Trinajstić information content (AvgIpc) is 2.27. The van der Waals surface area contributed by atoms with Crippen molar-refractivity contribution in [2.75, 3.05) is 0 Å². The molecule has 0 aliphatic carbocycles. The Balaban J connectivity index is 3.02. The Hall–Kier alpha value is -2.36. The maximum atomic E-state index is 10.7. The summed E-state index contributed by atoms with van der Waals surface area (Å²) >= 11 is 0. The van der Waals surface area contributed by atoms with Crippen LogP contribution in [0.25, 0.3) is 0 Å². The van der Waals surface area contributed by atoms with Gasteiger partial charge in [0.2, 0.25) is 0 Å². The van der Waals surface area contributed by atoms with Crippen molar-refractivity contribution in [2.45, 2.75) is 11.6 Å². The fraction of sp³-hybridized carbons (Fsp3) is 0.333. The molecule has 0 aromatic rings. The monoisotopic (exact) mass is 300 g/mol. The first-order valence-corrected chi connectivity index (χ1v) is 4.19. The van der Waals surface area contributed by atoms with Gasteiger partial charge in [0.1, 0.15) is 0 Å². The Morgan fingerprint density at radius 2 is 0.750 bits per heavy atom. The summed E-state index contributed by atoms with van der Waals surface area (Å²) in [5.41, 5.74) is 0. The molecule has 14 heteroatoms. The standard InChI is InChI=1S/C6H4O14/c7-1(8)5(2(9)10)15-19-17-6(3(11)12,4(13)14)18-20-16-5/h(H,7,8)(H,9,10)(H,11,12)(H,13,14). The number of carbonyl (C=O) groups is 4. The average molecular weight is 300 g/mol. The highest BCUT2D eigenvalue weighted by atomic mass is 17.6. The van der Waals surface area contributed by atoms with Gasteiger partial charge in [0.05, 0.1) is 0 Å². The number of carboxylic acid groups (broad SMARTS) is 4. The number of hydrogen-bond acceptors (Lipinski definition) is 10. The lowest BCUT2D eigenvalue weighted by Crippen LogP contribution is -2.58. The van der Waals surface area contributed by atoms with Gasteiger partial charge in [-0.05, 0) is 0 Å². The fourth-order valence-electron chi connectivity index (χ4n) is 0.722. The second-order valence-corrected chi connectivity index (χ2v) is 2.92. The van der Waals surface area contributed by atoms with Crippen LogP contribution in [0.2, 0.25) is 0 Å². The summed E-state index contributed by atoms with van der Waals surface area (Å²) in [7, 11) is 0. The largest absolute Gasteiger partial charge is 0.477 e. The van der Waals surface area contributed by atoms with Crippen molar-refractivity contribution in [3.05, 3.63) is 0 Å². The lowest BCUT2D eigenvalue weighted by molar-refractivity contribution is -0.704. The van der Waals surface area contributed by atoms with Crippen molar-refractivity contribution in [1.29, 1.82) is 0 Å². The van der Waals surface area contributed by atoms with E-state index in [0.29, 0.717) is 0 Å². The Labute approximate surface area is 106 Å². The zero-order valence-corrected chi connectivity index (χ0v) is 8.87. The van der Waals surface area contributed by atoms with E-state index in [4.69, 9.17) is 20.4 Å². The molecule has 0 bridgehead atoms. The first-order chi connectivity index (χ1) is 9.19. The summed E-state index contributed by atoms with van der Waals surface area (Å²) in [5.74, 6) is -16.6. The minimum Gasteiger partial charge on any atom is -0.477 e. The highest BCUT2D eigenvalue weighted by molar-refractivity contribution is 6.00. The van der Waals surface area contributed by atoms with Gasteiger partial charge in [-0.2, -0.15) is 0 Å². The van der Waals surface area contributed by atoms with Crippen molar-refractivity contribution in [1.82, 2.24) is 0 Å². The third kappa shape index (κ3) is 2.37. The van der Waals surface area contributed by atoms with E-state index in [0.717, 1.165) is 0 Å². The summed E-state index contributed by atoms with van der Waals surface area (Å²) in [6, 6.07) is 0. The summed E-state index contributed by atoms with van der Waals surface area (Å²) in [6.07, 6.45) is 0. The van der Waals surface area contributed by atoms with Gasteiger partial charge in [0.15, 0.2) is 0 Å². The van der Waals surface area contributed by atoms with E-state index in [2.05, 4.69) is 29.6 Å². The van der Waals surface area contributed by atoms with Gasteiger partial charge in [-0.1, -0.05) is 10.1 Å². The summed E-state index contributed by atoms with van der Waals surface area (Å²) in [6.45, 7) is 0. The van der Waals surface area contributed by atoms with Crippen molar-refractivity contribution >= 4 is 23.9 Å². The quantitative estimate of drug-likeness (QED) is 0.312. The Bertz CT molecular complexity index is 369. The van der Waals surface area contributed by atoms with Crippen LogP contribution in [0, 0.1) is 0 Å². The van der Waals surface area contributed by atoms with Crippen LogP contribution in [0.15, 0.2) is 0 Å². The molecule has 0 unspecified atom stereocenters. The second-order valence-electron chi connectivity index (χ2n) is 2.92. The smallest absolute Gasteiger partial charge is 0.428 e. The molecule has 20 heavy (non-hydrogen) atoms. The number of hydrogen-bond donors (Lipinski definition) is 4. The van der Waals surface area contributed by atoms with E-state index in [9.17, 15) is 19.2 Å². The van der Waals surface area contributed by atoms with Crippen molar-refractivity contribution in [3.63, 3.8) is 0 Å². The van der Waals surface area contributed by atoms with Gasteiger partial charge in [0.25, 0.3) is 0 Å². The lowest BCUT2D eigenvalue weighted by Gasteiger charge is -2.27. The maximum Gasteiger partial charge on any atom is 0.428 e. The molecule has 0 radical (unpaired) electrons. The third-order valence-electron chi connectivity index (χ3n) is 1.73. The number of carboxylic acids is 4. The van der Waals surface area contributed by atoms with Crippen LogP contribution in [0.5, 0.6) is 0 Å². The third-order valence-corrected chi connectivity index (χ3v) is 1.73. The van der Waals surface area contributed by atoms with Crippen LogP contribution in [0.3, 0.4) is 0 Å². The molecular formula is C6H4O14. The molecule has 14 nitrogen and oxygen atoms in total. The van der Waals surface area contributed by atoms with Crippen LogP contribution >= 0.6 is 0 Å². The molecule has 1 rings (SSSR count). The summed E-state index contributed by atoms with van der Waals surface area (Å²) < 4.78 is 0. The molecule has 1 aliphatic heterocycles. The summed E-state index contributed by atoms with van der Waals surface area (Å²) in [4.78, 5) is 57.4. The van der Waals surface area contributed by atoms with Crippen LogP contribution in [-0.2, 0) is 48.8 Å². The molecule has 0 saturated carbocycles. The van der Waals surface area contributed by atoms with Gasteiger partial charge in [0, 0.05) is 0 Å². The van der Waals surface area contributed by atoms with Crippen molar-refractivity contribution < 1.29 is 69.2 Å². The SMILES string of the molecule is O=C(O)C1(C(=O)O)OOOC(C(=O)O)(C(=O)O)OOO1. The number of aliphatic carboxylic acids is 4. The predicted molar refractivity (Wildman–Crippen MR) is 42.5 cm³/mol. The molecule has 1 aliphatic rings. The van der Waals surface area contributed by atoms with Crippen molar-refractivity contribution in [2.24, 2.45) is 0 Å². The van der Waals surface area contributed by atoms with Crippen LogP contribution in [0.1, 0.15) is 0 Å². The Kier molecular flexibility index (Phi) is 4.18. The molecule has 0 amide bonds. The van der Waals surface area contributed by atoms with E-state index >= 15 is 0 Å². The molecule has 0 spiro atoms. The molecule has 112 valence electrons. The Morgan fingerprint density at radius 3 is 0.900 bits per heavy atom. The number of rotatable bonds is 4. The lowest BCUT2D eigenvalue weighted by atomic mass is 10.3. The van der Waals surface area contributed by atoms with Gasteiger partial charge >= 0.3 is 35.5 Å². The van der Waals surface area contributed by atoms with E-state index in [1.165, 1.54) is 0 Å². The van der Waals surface area contributed by atoms with Crippen molar-refractivity contribution in [3.8, 4) is 0 Å². The molecule has 0 aromatic heterocycles. The molecular weight excluding hydrogens is 296 g/mol. The molecule has 1 heterocycles. The van der Waals surface area contributed by atoms with Crippen LogP contribution in [0.4, 0.5) is 0 Å². The zero-order chi connectivity index (χ0) is 15.6. The van der Waals surface area contributed by atoms with E-state index in [1.807, 2.05) is 0 Å². The molecule has 0 atom stereocenters. The van der Waals surface area contributed by atoms with Gasteiger partial charge in [-0.25, -0.2) is 19.2 Å². The van der Waals surface area contributed by atoms with Crippen LogP contribution in [-0.4, -0.2) is 55.9 Å². The molecule has 1 fully saturated rings. The first kappa shape index (κ1) is 15.7. The van der Waals surface area contributed by atoms with Crippen LogP contribution < -0.4 is 0 Å². The normalized spacial score (nSPS) is 21.2. The van der Waals surface area contributed by atoms with Gasteiger partial charge in [-0.3, -0.25) is 0 Å². The fourth-order valence-corrected chi connectivity index (χ4v) is 0.722. The van der Waals surface area contributed by atoms with Gasteiger partial charge < -0.3 is 20.4 Å². The molecule has 0 aromatic carbocycles. The minimum absolute atomic E-state index is 2.32. The second kappa shape index (κ2) is 5.33. The van der Waals surface area contributed by atoms with E-state index < -0.39 is 35.5 Å². The predicted octanol–water partition coefficient (Wildman–Crippen LogP) is -2.51. The Morgan fingerprint density at radius 1 is 0.550 bits per heavy atom.